The van der Waals surface area contributed by atoms with Crippen LogP contribution < -0.4 is 37.4 Å². The normalized spacial score (nSPS) is 11.2. The molecule has 8 aromatic carbocycles. The second kappa shape index (κ2) is 40.6. The fraction of sp³-hybridized carbons (Fsp3) is 0.111. The van der Waals surface area contributed by atoms with Gasteiger partial charge < -0.3 is 38.1 Å². The summed E-state index contributed by atoms with van der Waals surface area (Å²) in [4.78, 5) is 44.9. The summed E-state index contributed by atoms with van der Waals surface area (Å²) in [6.45, 7) is 22.7. The van der Waals surface area contributed by atoms with Crippen LogP contribution in [0.15, 0.2) is 229 Å². The third-order valence-electron chi connectivity index (χ3n) is 17.3. The predicted molar refractivity (Wildman–Crippen MR) is 435 cm³/mol. The van der Waals surface area contributed by atoms with Crippen LogP contribution >= 0.6 is 23.2 Å². The summed E-state index contributed by atoms with van der Waals surface area (Å²) in [5, 5.41) is 13.5. The van der Waals surface area contributed by atoms with Crippen LogP contribution in [0.3, 0.4) is 0 Å². The van der Waals surface area contributed by atoms with Crippen molar-refractivity contribution in [2.75, 3.05) is 38.1 Å². The third kappa shape index (κ3) is 22.6. The van der Waals surface area contributed by atoms with Crippen molar-refractivity contribution in [3.63, 3.8) is 0 Å². The number of nitrogens with zero attached hydrogens (tertiary/aromatic N) is 13. The molecule has 0 bridgehead atoms. The number of sulfone groups is 1. The van der Waals surface area contributed by atoms with Crippen LogP contribution in [0.2, 0.25) is 10.3 Å². The molecule has 125 heavy (non-hydrogen) atoms. The van der Waals surface area contributed by atoms with Crippen molar-refractivity contribution in [1.29, 1.82) is 0 Å². The van der Waals surface area contributed by atoms with Crippen molar-refractivity contribution in [3.05, 3.63) is 315 Å². The maximum Gasteiger partial charge on any atom is 0.569 e. The van der Waals surface area contributed by atoms with Crippen molar-refractivity contribution in [2.24, 2.45) is 0 Å². The van der Waals surface area contributed by atoms with Crippen molar-refractivity contribution >= 4 is 122 Å². The molecule has 14 rings (SSSR count). The fourth-order valence-corrected chi connectivity index (χ4v) is 15.3. The summed E-state index contributed by atoms with van der Waals surface area (Å²) in [5.41, 5.74) is 1.26. The smallest absolute Gasteiger partial charge is 0.535 e. The van der Waals surface area contributed by atoms with Crippen LogP contribution in [-0.2, 0) is 61.2 Å². The Morgan fingerprint density at radius 2 is 0.952 bits per heavy atom. The van der Waals surface area contributed by atoms with Gasteiger partial charge in [-0.15, -0.1) is 0 Å². The maximum absolute atomic E-state index is 13.7. The average Bonchev–Trinajstić information content (AvgIpc) is 0.772. The highest BCUT2D eigenvalue weighted by molar-refractivity contribution is 7.92. The Morgan fingerprint density at radius 3 is 1.46 bits per heavy atom. The van der Waals surface area contributed by atoms with E-state index in [-0.39, 0.29) is 94.6 Å². The Hall–Kier alpha value is -14.2. The first-order valence-corrected chi connectivity index (χ1v) is 40.1. The second-order valence-corrected chi connectivity index (χ2v) is 31.1. The predicted octanol–water partition coefficient (Wildman–Crippen LogP) is 18.5. The van der Waals surface area contributed by atoms with Gasteiger partial charge in [0.25, 0.3) is 10.0 Å². The summed E-state index contributed by atoms with van der Waals surface area (Å²) in [6.07, 6.45) is 3.34. The Kier molecular flexibility index (Phi) is 30.3. The van der Waals surface area contributed by atoms with Gasteiger partial charge in [0.2, 0.25) is 51.9 Å². The molecule has 0 saturated carbocycles. The molecule has 2 N–H and O–H groups in total. The summed E-state index contributed by atoms with van der Waals surface area (Å²) in [6, 6.07) is 37.2. The van der Waals surface area contributed by atoms with Gasteiger partial charge >= 0.3 is 30.2 Å². The highest BCUT2D eigenvalue weighted by Crippen LogP contribution is 2.43. The van der Waals surface area contributed by atoms with Crippen LogP contribution in [0.5, 0.6) is 34.5 Å². The van der Waals surface area contributed by atoms with Crippen molar-refractivity contribution in [3.8, 4) is 45.8 Å². The molecule has 0 atom stereocenters. The van der Waals surface area contributed by atoms with Crippen LogP contribution in [0.4, 0.5) is 77.0 Å². The largest absolute Gasteiger partial charge is 0.569 e. The number of anilines is 2. The van der Waals surface area contributed by atoms with Crippen LogP contribution in [0.1, 0.15) is 27.9 Å². The lowest BCUT2D eigenvalue weighted by Gasteiger charge is -2.24. The Labute approximate surface area is 714 Å². The Bertz CT molecular complexity index is 6770. The van der Waals surface area contributed by atoms with E-state index in [1.165, 1.54) is 116 Å². The zero-order valence-electron chi connectivity index (χ0n) is 64.2. The van der Waals surface area contributed by atoms with E-state index < -0.39 is 93.2 Å². The molecule has 0 spiro atoms. The number of alkyl halides is 6. The molecule has 0 aliphatic heterocycles. The first kappa shape index (κ1) is 93.1. The topological polar surface area (TPSA) is 322 Å². The molecule has 0 unspecified atom stereocenters. The van der Waals surface area contributed by atoms with E-state index in [1.54, 1.807) is 50.7 Å². The van der Waals surface area contributed by atoms with E-state index in [9.17, 15) is 73.5 Å². The van der Waals surface area contributed by atoms with E-state index in [0.717, 1.165) is 78.4 Å². The van der Waals surface area contributed by atoms with E-state index in [0.29, 0.717) is 40.7 Å². The Balaban J connectivity index is 0.000000169. The molecule has 6 heterocycles. The molecule has 0 aliphatic rings. The standard InChI is InChI=1S/C23H15F3N4O3S.C22H16ClN5O3S.C16H4ClF5N2O3S.C12H13N3O.C8H7BF3O3/c1-27-20-11-29-22(18-5-3-14(23(24,25)26)9-21(18)33-2)17-6-4-16(10-19(17)20)34(31,32)12-15-7-8-28-13-30-15;1-24-20-12-26-22(23)18-8-7-17(11-19(18)20)32(29,30)28(21-9-10-25-14-27-21)13-15-3-5-16(31-2)6-4-15;1-23-9-5-24-16(17)7-3-2-6(4-8(7)9)28(25,26)27-15-13(21)11(19)10(18)12(20)14(15)22;1-16-11-4-2-10(3-5-11)8-14-12-6-7-13-9-15-12;1-14-7-4-5(8(10,11)12)2-3-6(7)15-9-13/h3-11,13H,12H2,2H3;3-12,14H,13H2,2H3;2-5H;2-7,9H,8H2,1H3,(H,13,14,15);2-4,13H,1H3. The van der Waals surface area contributed by atoms with Crippen LogP contribution in [0, 0.1) is 48.8 Å². The summed E-state index contributed by atoms with van der Waals surface area (Å²) >= 11 is 12.0. The lowest BCUT2D eigenvalue weighted by Crippen LogP contribution is -2.31. The summed E-state index contributed by atoms with van der Waals surface area (Å²) in [7, 11) is -6.85. The number of hydrogen-bond acceptors (Lipinski definition) is 23. The Morgan fingerprint density at radius 1 is 0.480 bits per heavy atom. The number of aromatic nitrogens is 9. The molecule has 44 heteroatoms. The minimum atomic E-state index is -5.04. The van der Waals surface area contributed by atoms with Gasteiger partial charge in [0.1, 0.15) is 68.8 Å². The molecule has 639 valence electrons. The maximum atomic E-state index is 13.7. The quantitative estimate of drug-likeness (QED) is 0.0128. The zero-order valence-corrected chi connectivity index (χ0v) is 68.2. The van der Waals surface area contributed by atoms with Gasteiger partial charge in [-0.2, -0.15) is 43.5 Å². The first-order valence-electron chi connectivity index (χ1n) is 34.9. The highest BCUT2D eigenvalue weighted by Gasteiger charge is 2.35. The molecular weight excluding hydrogens is 1760 g/mol. The molecule has 0 saturated heterocycles. The molecule has 14 aromatic rings. The number of halogens is 13. The first-order chi connectivity index (χ1) is 59.5. The summed E-state index contributed by atoms with van der Waals surface area (Å²) < 4.78 is 251. The van der Waals surface area contributed by atoms with Gasteiger partial charge in [0.15, 0.2) is 15.6 Å². The minimum Gasteiger partial charge on any atom is -0.535 e. The van der Waals surface area contributed by atoms with Gasteiger partial charge in [0.05, 0.1) is 92.8 Å². The van der Waals surface area contributed by atoms with Gasteiger partial charge in [0, 0.05) is 66.1 Å². The third-order valence-corrected chi connectivity index (χ3v) is 22.5. The number of methoxy groups -OCH3 is 4. The monoisotopic (exact) mass is 1820 g/mol. The van der Waals surface area contributed by atoms with Crippen LogP contribution in [0.25, 0.3) is 58.1 Å². The number of sulfonamides is 1. The van der Waals surface area contributed by atoms with E-state index >= 15 is 0 Å². The van der Waals surface area contributed by atoms with E-state index in [4.69, 9.17) is 62.2 Å². The molecule has 27 nitrogen and oxygen atoms in total. The number of nitrogens with one attached hydrogen (secondary N) is 1. The van der Waals surface area contributed by atoms with E-state index in [1.807, 2.05) is 30.3 Å². The van der Waals surface area contributed by atoms with Gasteiger partial charge in [-0.25, -0.2) is 78.8 Å². The molecule has 6 aromatic heterocycles. The van der Waals surface area contributed by atoms with Gasteiger partial charge in [-0.1, -0.05) is 65.7 Å². The van der Waals surface area contributed by atoms with Gasteiger partial charge in [-0.05, 0) is 142 Å². The fourth-order valence-electron chi connectivity index (χ4n) is 11.2. The average molecular weight is 1820 g/mol. The molecule has 1 radical (unpaired) electrons. The molecule has 0 fully saturated rings. The molecule has 0 amide bonds. The number of benzene rings is 8. The van der Waals surface area contributed by atoms with Crippen molar-refractivity contribution < 1.29 is 106 Å². The van der Waals surface area contributed by atoms with E-state index in [2.05, 4.69) is 78.3 Å². The van der Waals surface area contributed by atoms with Crippen LogP contribution in [-0.4, -0.2) is 111 Å². The number of pyridine rings is 3. The minimum absolute atomic E-state index is 0.00397. The number of fused-ring (bicyclic) bond motifs is 3. The van der Waals surface area contributed by atoms with Crippen molar-refractivity contribution in [2.45, 2.75) is 45.9 Å². The summed E-state index contributed by atoms with van der Waals surface area (Å²) in [5.74, 6) is -12.0. The highest BCUT2D eigenvalue weighted by atomic mass is 35.5. The molecule has 0 aliphatic carbocycles. The lowest BCUT2D eigenvalue weighted by molar-refractivity contribution is -0.138. The second-order valence-electron chi connectivity index (χ2n) is 24.9. The van der Waals surface area contributed by atoms with Gasteiger partial charge in [-0.3, -0.25) is 15.0 Å². The zero-order chi connectivity index (χ0) is 90.7. The number of rotatable bonds is 21. The van der Waals surface area contributed by atoms with Crippen molar-refractivity contribution in [1.82, 2.24) is 44.9 Å². The number of hydrogen-bond donors (Lipinski definition) is 2. The number of ether oxygens (including phenoxy) is 4. The lowest BCUT2D eigenvalue weighted by atomic mass is 10.0. The molecular formula is C81H55BCl2F11N14O13S3. The SMILES string of the molecule is COc1cc(C(F)(F)F)ccc1O[B]O.COc1ccc(CNc2ccncn2)cc1.[C-]#[N+]c1cnc(-c2ccc(C(F)(F)F)cc2OC)c2ccc(S(=O)(=O)Cc3ccncn3)cc12.[C-]#[N+]c1cnc(Cl)c2ccc(S(=O)(=O)N(Cc3ccc(OC)cc3)c3ccncn3)cc12.[C-]#[N+]c1cnc(Cl)c2ccc(S(=O)(=O)Oc3c(F)c(F)c(F)c(F)c3F)cc12.